The molecule has 5 heteroatoms. The average molecular weight is 420 g/mol. The number of hydrogen-bond acceptors (Lipinski definition) is 3. The van der Waals surface area contributed by atoms with E-state index in [1.54, 1.807) is 12.3 Å². The number of nitrogens with zero attached hydrogens (tertiary/aromatic N) is 2. The third kappa shape index (κ3) is 2.91. The van der Waals surface area contributed by atoms with Crippen LogP contribution in [0.25, 0.3) is 10.8 Å². The molecule has 110 valence electrons. The van der Waals surface area contributed by atoms with Gasteiger partial charge in [-0.15, -0.1) is 0 Å². The molecule has 1 N–H and O–H groups in total. The highest BCUT2D eigenvalue weighted by Gasteiger charge is 2.07. The van der Waals surface area contributed by atoms with Crippen molar-refractivity contribution in [2.45, 2.75) is 6.92 Å². The summed E-state index contributed by atoms with van der Waals surface area (Å²) >= 11 is 6.89. The van der Waals surface area contributed by atoms with Crippen molar-refractivity contribution in [3.8, 4) is 5.75 Å². The molecule has 0 bridgehead atoms. The van der Waals surface area contributed by atoms with Gasteiger partial charge in [-0.25, -0.2) is 9.98 Å². The van der Waals surface area contributed by atoms with E-state index in [0.29, 0.717) is 11.4 Å². The van der Waals surface area contributed by atoms with Crippen molar-refractivity contribution in [2.75, 3.05) is 0 Å². The Balaban J connectivity index is 2.10. The Morgan fingerprint density at radius 3 is 2.68 bits per heavy atom. The van der Waals surface area contributed by atoms with E-state index < -0.39 is 0 Å². The second-order valence-corrected chi connectivity index (χ2v) is 6.55. The largest absolute Gasteiger partial charge is 0.507 e. The summed E-state index contributed by atoms with van der Waals surface area (Å²) in [6.07, 6.45) is 1.65. The third-order valence-corrected chi connectivity index (χ3v) is 4.74. The van der Waals surface area contributed by atoms with Crippen LogP contribution in [0.4, 0.5) is 5.82 Å². The number of benzene rings is 2. The summed E-state index contributed by atoms with van der Waals surface area (Å²) in [5.41, 5.74) is 1.55. The minimum absolute atomic E-state index is 0.201. The number of rotatable bonds is 2. The highest BCUT2D eigenvalue weighted by Crippen LogP contribution is 2.30. The topological polar surface area (TPSA) is 45.5 Å². The van der Waals surface area contributed by atoms with E-state index in [1.807, 2.05) is 43.3 Å². The lowest BCUT2D eigenvalue weighted by Gasteiger charge is -2.05. The predicted octanol–water partition coefficient (Wildman–Crippen LogP) is 5.52. The van der Waals surface area contributed by atoms with E-state index in [0.717, 1.165) is 25.4 Å². The Labute approximate surface area is 145 Å². The maximum absolute atomic E-state index is 10.1. The van der Waals surface area contributed by atoms with Crippen LogP contribution in [0, 0.1) is 6.92 Å². The van der Waals surface area contributed by atoms with Crippen LogP contribution in [0.15, 0.2) is 56.4 Å². The SMILES string of the molecule is Cc1nc(/N=C/c2c(O)ccc3ccccc23)c(Br)cc1Br. The number of aromatic nitrogens is 1. The van der Waals surface area contributed by atoms with Crippen LogP contribution in [0.1, 0.15) is 11.3 Å². The van der Waals surface area contributed by atoms with E-state index in [4.69, 9.17) is 0 Å². The molecule has 1 aromatic heterocycles. The smallest absolute Gasteiger partial charge is 0.166 e. The highest BCUT2D eigenvalue weighted by atomic mass is 79.9. The molecule has 0 aliphatic carbocycles. The fourth-order valence-electron chi connectivity index (χ4n) is 2.18. The van der Waals surface area contributed by atoms with Gasteiger partial charge in [0.1, 0.15) is 5.75 Å². The zero-order valence-electron chi connectivity index (χ0n) is 11.7. The van der Waals surface area contributed by atoms with Crippen molar-refractivity contribution in [3.05, 3.63) is 62.7 Å². The molecule has 3 nitrogen and oxygen atoms in total. The van der Waals surface area contributed by atoms with Gasteiger partial charge in [-0.3, -0.25) is 0 Å². The summed E-state index contributed by atoms with van der Waals surface area (Å²) in [4.78, 5) is 8.85. The van der Waals surface area contributed by atoms with Gasteiger partial charge in [0.2, 0.25) is 0 Å². The number of phenols is 1. The van der Waals surface area contributed by atoms with Crippen LogP contribution >= 0.6 is 31.9 Å². The van der Waals surface area contributed by atoms with Crippen molar-refractivity contribution >= 4 is 54.7 Å². The third-order valence-electron chi connectivity index (χ3n) is 3.35. The first-order valence-electron chi connectivity index (χ1n) is 6.63. The standard InChI is InChI=1S/C17H12Br2N2O/c1-10-14(18)8-15(19)17(21-10)20-9-13-12-5-3-2-4-11(12)6-7-16(13)22/h2-9,22H,1H3/b20-9+. The van der Waals surface area contributed by atoms with Crippen molar-refractivity contribution in [2.24, 2.45) is 4.99 Å². The van der Waals surface area contributed by atoms with Crippen molar-refractivity contribution < 1.29 is 5.11 Å². The molecule has 1 heterocycles. The Morgan fingerprint density at radius 2 is 1.86 bits per heavy atom. The number of fused-ring (bicyclic) bond motifs is 1. The lowest BCUT2D eigenvalue weighted by molar-refractivity contribution is 0.475. The molecular formula is C17H12Br2N2O. The van der Waals surface area contributed by atoms with Crippen molar-refractivity contribution in [1.82, 2.24) is 4.98 Å². The molecule has 0 amide bonds. The molecular weight excluding hydrogens is 408 g/mol. The molecule has 3 rings (SSSR count). The number of hydrogen-bond donors (Lipinski definition) is 1. The first kappa shape index (κ1) is 15.2. The van der Waals surface area contributed by atoms with Gasteiger partial charge in [0, 0.05) is 16.3 Å². The zero-order chi connectivity index (χ0) is 15.7. The Morgan fingerprint density at radius 1 is 1.09 bits per heavy atom. The number of phenolic OH excluding ortho intramolecular Hbond substituents is 1. The molecule has 0 fully saturated rings. The van der Waals surface area contributed by atoms with Gasteiger partial charge < -0.3 is 5.11 Å². The van der Waals surface area contributed by atoms with Gasteiger partial charge in [0.05, 0.1) is 10.2 Å². The molecule has 0 aliphatic heterocycles. The zero-order valence-corrected chi connectivity index (χ0v) is 14.9. The molecule has 2 aromatic carbocycles. The van der Waals surface area contributed by atoms with Crippen LogP contribution in [0.5, 0.6) is 5.75 Å². The quantitative estimate of drug-likeness (QED) is 0.555. The number of pyridine rings is 1. The number of aryl methyl sites for hydroxylation is 1. The van der Waals surface area contributed by atoms with Gasteiger partial charge in [-0.05, 0) is 61.7 Å². The molecule has 0 atom stereocenters. The summed E-state index contributed by atoms with van der Waals surface area (Å²) in [7, 11) is 0. The molecule has 0 saturated heterocycles. The summed E-state index contributed by atoms with van der Waals surface area (Å²) in [6, 6.07) is 13.4. The van der Waals surface area contributed by atoms with Crippen LogP contribution in [-0.4, -0.2) is 16.3 Å². The second-order valence-electron chi connectivity index (χ2n) is 4.84. The van der Waals surface area contributed by atoms with E-state index in [1.165, 1.54) is 0 Å². The Hall–Kier alpha value is -1.72. The van der Waals surface area contributed by atoms with Gasteiger partial charge in [0.25, 0.3) is 0 Å². The lowest BCUT2D eigenvalue weighted by Crippen LogP contribution is -1.88. The van der Waals surface area contributed by atoms with Crippen LogP contribution < -0.4 is 0 Å². The van der Waals surface area contributed by atoms with Gasteiger partial charge in [-0.1, -0.05) is 30.3 Å². The molecule has 3 aromatic rings. The summed E-state index contributed by atoms with van der Waals surface area (Å²) < 4.78 is 1.72. The minimum Gasteiger partial charge on any atom is -0.507 e. The number of aromatic hydroxyl groups is 1. The van der Waals surface area contributed by atoms with Crippen LogP contribution in [0.2, 0.25) is 0 Å². The fourth-order valence-corrected chi connectivity index (χ4v) is 3.23. The highest BCUT2D eigenvalue weighted by molar-refractivity contribution is 9.11. The summed E-state index contributed by atoms with van der Waals surface area (Å²) in [5, 5.41) is 12.1. The molecule has 0 unspecified atom stereocenters. The average Bonchev–Trinajstić information content (AvgIpc) is 2.51. The van der Waals surface area contributed by atoms with Crippen molar-refractivity contribution in [1.29, 1.82) is 0 Å². The maximum Gasteiger partial charge on any atom is 0.166 e. The maximum atomic E-state index is 10.1. The first-order chi connectivity index (χ1) is 10.6. The first-order valence-corrected chi connectivity index (χ1v) is 8.22. The van der Waals surface area contributed by atoms with Crippen molar-refractivity contribution in [3.63, 3.8) is 0 Å². The molecule has 0 saturated carbocycles. The van der Waals surface area contributed by atoms with Gasteiger partial charge in [-0.2, -0.15) is 0 Å². The van der Waals surface area contributed by atoms with Gasteiger partial charge in [0.15, 0.2) is 5.82 Å². The van der Waals surface area contributed by atoms with E-state index in [9.17, 15) is 5.11 Å². The predicted molar refractivity (Wildman–Crippen MR) is 97.2 cm³/mol. The Bertz CT molecular complexity index is 891. The second kappa shape index (κ2) is 6.18. The minimum atomic E-state index is 0.201. The molecule has 0 spiro atoms. The van der Waals surface area contributed by atoms with E-state index in [2.05, 4.69) is 41.8 Å². The summed E-state index contributed by atoms with van der Waals surface area (Å²) in [6.45, 7) is 1.91. The lowest BCUT2D eigenvalue weighted by atomic mass is 10.0. The monoisotopic (exact) mass is 418 g/mol. The normalized spacial score (nSPS) is 11.4. The number of halogens is 2. The molecule has 0 radical (unpaired) electrons. The molecule has 0 aliphatic rings. The summed E-state index contributed by atoms with van der Waals surface area (Å²) in [5.74, 6) is 0.778. The molecule has 22 heavy (non-hydrogen) atoms. The van der Waals surface area contributed by atoms with Crippen LogP contribution in [-0.2, 0) is 0 Å². The number of aliphatic imine (C=N–C) groups is 1. The van der Waals surface area contributed by atoms with Crippen LogP contribution in [0.3, 0.4) is 0 Å². The Kier molecular flexibility index (Phi) is 4.27. The fraction of sp³-hybridized carbons (Fsp3) is 0.0588. The van der Waals surface area contributed by atoms with E-state index in [-0.39, 0.29) is 5.75 Å². The van der Waals surface area contributed by atoms with E-state index >= 15 is 0 Å². The van der Waals surface area contributed by atoms with Gasteiger partial charge >= 0.3 is 0 Å².